The summed E-state index contributed by atoms with van der Waals surface area (Å²) in [6, 6.07) is 0. The molecule has 0 radical (unpaired) electrons. The smallest absolute Gasteiger partial charge is 0.155 e. The van der Waals surface area contributed by atoms with E-state index in [2.05, 4.69) is 20.8 Å². The van der Waals surface area contributed by atoms with Crippen LogP contribution in [-0.4, -0.2) is 17.9 Å². The fourth-order valence-corrected chi connectivity index (χ4v) is 7.09. The SMILES string of the molecule is C[C@@H]1CC2=CC(=O)C[C@H](C)[C@]2(C=O)[C@H]2CC[C@]3(C)C(=O)CC[C@H]3[C@H]12. The molecule has 0 unspecified atom stereocenters. The number of ketones is 2. The minimum atomic E-state index is -0.460. The molecule has 0 aromatic rings. The van der Waals surface area contributed by atoms with Gasteiger partial charge in [-0.15, -0.1) is 0 Å². The van der Waals surface area contributed by atoms with Gasteiger partial charge in [0.05, 0.1) is 5.41 Å². The van der Waals surface area contributed by atoms with E-state index in [1.54, 1.807) is 6.08 Å². The van der Waals surface area contributed by atoms with Crippen LogP contribution >= 0.6 is 0 Å². The van der Waals surface area contributed by atoms with E-state index >= 15 is 0 Å². The van der Waals surface area contributed by atoms with Crippen molar-refractivity contribution in [3.05, 3.63) is 11.6 Å². The van der Waals surface area contributed by atoms with E-state index in [0.29, 0.717) is 42.3 Å². The van der Waals surface area contributed by atoms with E-state index in [-0.39, 0.29) is 17.1 Å². The highest BCUT2D eigenvalue weighted by atomic mass is 16.1. The topological polar surface area (TPSA) is 51.2 Å². The van der Waals surface area contributed by atoms with Crippen molar-refractivity contribution in [2.75, 3.05) is 0 Å². The third-order valence-electron chi connectivity index (χ3n) is 8.26. The quantitative estimate of drug-likeness (QED) is 0.689. The minimum Gasteiger partial charge on any atom is -0.302 e. The Kier molecular flexibility index (Phi) is 3.47. The molecule has 0 N–H and O–H groups in total. The monoisotopic (exact) mass is 328 g/mol. The van der Waals surface area contributed by atoms with Crippen molar-refractivity contribution in [2.45, 2.75) is 59.3 Å². The number of hydrogen-bond donors (Lipinski definition) is 0. The standard InChI is InChI=1S/C21H28O3/c1-12-8-14-10-15(23)9-13(2)21(14,11-22)17-6-7-20(3)16(19(12)17)4-5-18(20)24/h10-13,16-17,19H,4-9H2,1-3H3/t12-,13+,16+,17+,19+,20+,21+/m1/s1. The van der Waals surface area contributed by atoms with Gasteiger partial charge in [-0.2, -0.15) is 0 Å². The minimum absolute atomic E-state index is 0.0870. The van der Waals surface area contributed by atoms with Crippen molar-refractivity contribution in [3.63, 3.8) is 0 Å². The van der Waals surface area contributed by atoms with Crippen molar-refractivity contribution < 1.29 is 14.4 Å². The third kappa shape index (κ3) is 1.82. The maximum absolute atomic E-state index is 12.5. The van der Waals surface area contributed by atoms with Gasteiger partial charge in [0.1, 0.15) is 12.1 Å². The second kappa shape index (κ2) is 5.12. The lowest BCUT2D eigenvalue weighted by molar-refractivity contribution is -0.142. The summed E-state index contributed by atoms with van der Waals surface area (Å²) in [5.41, 5.74) is 0.454. The van der Waals surface area contributed by atoms with Gasteiger partial charge in [0.25, 0.3) is 0 Å². The van der Waals surface area contributed by atoms with Crippen molar-refractivity contribution in [1.82, 2.24) is 0 Å². The van der Waals surface area contributed by atoms with Crippen LogP contribution in [0.25, 0.3) is 0 Å². The summed E-state index contributed by atoms with van der Waals surface area (Å²) in [5.74, 6) is 2.31. The molecule has 0 spiro atoms. The van der Waals surface area contributed by atoms with Crippen molar-refractivity contribution >= 4 is 17.9 Å². The van der Waals surface area contributed by atoms with Crippen LogP contribution in [0.3, 0.4) is 0 Å². The van der Waals surface area contributed by atoms with Crippen LogP contribution < -0.4 is 0 Å². The summed E-state index contributed by atoms with van der Waals surface area (Å²) >= 11 is 0. The number of carbonyl (C=O) groups excluding carboxylic acids is 3. The van der Waals surface area contributed by atoms with Gasteiger partial charge < -0.3 is 4.79 Å². The Morgan fingerprint density at radius 3 is 2.58 bits per heavy atom. The fourth-order valence-electron chi connectivity index (χ4n) is 7.09. The van der Waals surface area contributed by atoms with E-state index in [1.165, 1.54) is 6.29 Å². The fraction of sp³-hybridized carbons (Fsp3) is 0.762. The van der Waals surface area contributed by atoms with Crippen LogP contribution in [0.1, 0.15) is 59.3 Å². The second-order valence-electron chi connectivity index (χ2n) is 9.18. The molecule has 7 atom stereocenters. The molecule has 0 aromatic heterocycles. The average Bonchev–Trinajstić information content (AvgIpc) is 2.82. The number of hydrogen-bond acceptors (Lipinski definition) is 3. The lowest BCUT2D eigenvalue weighted by Crippen LogP contribution is -2.57. The molecule has 3 nitrogen and oxygen atoms in total. The number of allylic oxidation sites excluding steroid dienone is 1. The highest BCUT2D eigenvalue weighted by molar-refractivity contribution is 5.94. The van der Waals surface area contributed by atoms with Crippen LogP contribution in [-0.2, 0) is 14.4 Å². The molecule has 0 aliphatic heterocycles. The van der Waals surface area contributed by atoms with E-state index < -0.39 is 5.41 Å². The van der Waals surface area contributed by atoms with Crippen LogP contribution in [0, 0.1) is 40.4 Å². The molecule has 4 rings (SSSR count). The molecule has 0 heterocycles. The molecule has 130 valence electrons. The molecule has 4 aliphatic rings. The third-order valence-corrected chi connectivity index (χ3v) is 8.26. The van der Waals surface area contributed by atoms with Gasteiger partial charge in [-0.05, 0) is 61.3 Å². The first-order valence-corrected chi connectivity index (χ1v) is 9.58. The maximum atomic E-state index is 12.5. The molecular formula is C21H28O3. The molecule has 0 bridgehead atoms. The summed E-state index contributed by atoms with van der Waals surface area (Å²) in [6.45, 7) is 6.52. The Labute approximate surface area is 144 Å². The van der Waals surface area contributed by atoms with E-state index in [0.717, 1.165) is 31.3 Å². The molecule has 3 saturated carbocycles. The van der Waals surface area contributed by atoms with Gasteiger partial charge >= 0.3 is 0 Å². The van der Waals surface area contributed by atoms with Crippen LogP contribution in [0.4, 0.5) is 0 Å². The van der Waals surface area contributed by atoms with Crippen molar-refractivity contribution in [1.29, 1.82) is 0 Å². The zero-order valence-electron chi connectivity index (χ0n) is 15.0. The maximum Gasteiger partial charge on any atom is 0.155 e. The van der Waals surface area contributed by atoms with Gasteiger partial charge in [0.2, 0.25) is 0 Å². The molecule has 0 aromatic carbocycles. The number of rotatable bonds is 1. The average molecular weight is 328 g/mol. The second-order valence-corrected chi connectivity index (χ2v) is 9.18. The molecule has 3 fully saturated rings. The Hall–Kier alpha value is -1.25. The predicted molar refractivity (Wildman–Crippen MR) is 91.2 cm³/mol. The Bertz CT molecular complexity index is 647. The molecule has 24 heavy (non-hydrogen) atoms. The van der Waals surface area contributed by atoms with Crippen molar-refractivity contribution in [3.8, 4) is 0 Å². The van der Waals surface area contributed by atoms with Crippen molar-refractivity contribution in [2.24, 2.45) is 40.4 Å². The number of fused-ring (bicyclic) bond motifs is 5. The van der Waals surface area contributed by atoms with Crippen LogP contribution in [0.5, 0.6) is 0 Å². The summed E-state index contributed by atoms with van der Waals surface area (Å²) in [6.07, 6.45) is 7.85. The first kappa shape index (κ1) is 16.2. The summed E-state index contributed by atoms with van der Waals surface area (Å²) < 4.78 is 0. The van der Waals surface area contributed by atoms with E-state index in [9.17, 15) is 14.4 Å². The normalized spacial score (nSPS) is 50.6. The lowest BCUT2D eigenvalue weighted by Gasteiger charge is -2.59. The predicted octanol–water partition coefficient (Wildman–Crippen LogP) is 3.76. The van der Waals surface area contributed by atoms with Gasteiger partial charge in [0, 0.05) is 18.3 Å². The largest absolute Gasteiger partial charge is 0.302 e. The van der Waals surface area contributed by atoms with E-state index in [4.69, 9.17) is 0 Å². The first-order valence-electron chi connectivity index (χ1n) is 9.58. The molecule has 3 heteroatoms. The first-order chi connectivity index (χ1) is 11.3. The zero-order valence-corrected chi connectivity index (χ0v) is 15.0. The lowest BCUT2D eigenvalue weighted by atomic mass is 9.43. The Balaban J connectivity index is 1.82. The number of Topliss-reactive ketones (excluding diaryl/α,β-unsaturated/α-hetero) is 1. The van der Waals surface area contributed by atoms with Gasteiger partial charge in [-0.25, -0.2) is 0 Å². The molecule has 0 amide bonds. The summed E-state index contributed by atoms with van der Waals surface area (Å²) in [5, 5.41) is 0. The van der Waals surface area contributed by atoms with Crippen LogP contribution in [0.15, 0.2) is 11.6 Å². The van der Waals surface area contributed by atoms with Gasteiger partial charge in [-0.3, -0.25) is 9.59 Å². The number of carbonyl (C=O) groups is 3. The van der Waals surface area contributed by atoms with Gasteiger partial charge in [0.15, 0.2) is 5.78 Å². The highest BCUT2D eigenvalue weighted by Gasteiger charge is 2.63. The molecule has 0 saturated heterocycles. The zero-order chi connectivity index (χ0) is 17.3. The Morgan fingerprint density at radius 1 is 1.12 bits per heavy atom. The van der Waals surface area contributed by atoms with Gasteiger partial charge in [-0.1, -0.05) is 26.3 Å². The van der Waals surface area contributed by atoms with Crippen LogP contribution in [0.2, 0.25) is 0 Å². The molecular weight excluding hydrogens is 300 g/mol. The number of aldehydes is 1. The summed E-state index contributed by atoms with van der Waals surface area (Å²) in [4.78, 5) is 37.0. The molecule has 4 aliphatic carbocycles. The highest BCUT2D eigenvalue weighted by Crippen LogP contribution is 2.66. The Morgan fingerprint density at radius 2 is 1.88 bits per heavy atom. The summed E-state index contributed by atoms with van der Waals surface area (Å²) in [7, 11) is 0. The van der Waals surface area contributed by atoms with E-state index in [1.807, 2.05) is 0 Å².